The molecule has 0 saturated heterocycles. The normalized spacial score (nSPS) is 11.9. The predicted molar refractivity (Wildman–Crippen MR) is 66.5 cm³/mol. The molecule has 0 heterocycles. The molecule has 1 rings (SSSR count). The van der Waals surface area contributed by atoms with E-state index in [0.29, 0.717) is 12.1 Å². The number of Topliss-reactive ketones (excluding diaryl/α,β-unsaturated/α-hetero) is 1. The van der Waals surface area contributed by atoms with Crippen LogP contribution in [0.2, 0.25) is 0 Å². The lowest BCUT2D eigenvalue weighted by Gasteiger charge is -2.21. The summed E-state index contributed by atoms with van der Waals surface area (Å²) in [5.41, 5.74) is 1.49. The van der Waals surface area contributed by atoms with Crippen molar-refractivity contribution >= 4 is 17.4 Å². The van der Waals surface area contributed by atoms with Gasteiger partial charge in [0.2, 0.25) is 0 Å². The molecular weight excluding hydrogens is 218 g/mol. The number of carboxylic acid groups (broad SMARTS) is 1. The molecule has 0 spiro atoms. The number of carboxylic acids is 1. The van der Waals surface area contributed by atoms with Gasteiger partial charge < -0.3 is 10.0 Å². The van der Waals surface area contributed by atoms with Crippen molar-refractivity contribution in [3.63, 3.8) is 0 Å². The van der Waals surface area contributed by atoms with Gasteiger partial charge in [0, 0.05) is 24.8 Å². The molecule has 4 heteroatoms. The number of anilines is 1. The number of carbonyl (C=O) groups excluding carboxylic acids is 1. The van der Waals surface area contributed by atoms with Crippen LogP contribution in [0.1, 0.15) is 24.2 Å². The third-order valence-corrected chi connectivity index (χ3v) is 2.66. The Bertz CT molecular complexity index is 428. The first kappa shape index (κ1) is 13.2. The highest BCUT2D eigenvalue weighted by atomic mass is 16.4. The summed E-state index contributed by atoms with van der Waals surface area (Å²) in [5, 5.41) is 8.84. The minimum atomic E-state index is -0.820. The SMILES string of the molecule is CC(=O)c1cccc(N(C)CC(C)C(=O)O)c1. The van der Waals surface area contributed by atoms with Gasteiger partial charge in [-0.25, -0.2) is 0 Å². The van der Waals surface area contributed by atoms with Crippen LogP contribution in [-0.2, 0) is 4.79 Å². The summed E-state index contributed by atoms with van der Waals surface area (Å²) in [7, 11) is 1.82. The summed E-state index contributed by atoms with van der Waals surface area (Å²) >= 11 is 0. The van der Waals surface area contributed by atoms with Crippen LogP contribution in [0.4, 0.5) is 5.69 Å². The van der Waals surface area contributed by atoms with E-state index in [2.05, 4.69) is 0 Å². The lowest BCUT2D eigenvalue weighted by atomic mass is 10.1. The highest BCUT2D eigenvalue weighted by Gasteiger charge is 2.14. The number of aliphatic carboxylic acids is 1. The molecule has 0 fully saturated rings. The minimum Gasteiger partial charge on any atom is -0.481 e. The molecule has 0 amide bonds. The monoisotopic (exact) mass is 235 g/mol. The Morgan fingerprint density at radius 3 is 2.59 bits per heavy atom. The van der Waals surface area contributed by atoms with E-state index in [9.17, 15) is 9.59 Å². The third kappa shape index (κ3) is 3.59. The van der Waals surface area contributed by atoms with Crippen LogP contribution < -0.4 is 4.90 Å². The second kappa shape index (κ2) is 5.48. The maximum Gasteiger partial charge on any atom is 0.308 e. The Hall–Kier alpha value is -1.84. The van der Waals surface area contributed by atoms with Crippen molar-refractivity contribution < 1.29 is 14.7 Å². The molecule has 0 bridgehead atoms. The van der Waals surface area contributed by atoms with Crippen molar-refractivity contribution in [1.29, 1.82) is 0 Å². The maximum atomic E-state index is 11.2. The highest BCUT2D eigenvalue weighted by Crippen LogP contribution is 2.16. The van der Waals surface area contributed by atoms with Gasteiger partial charge in [0.05, 0.1) is 5.92 Å². The van der Waals surface area contributed by atoms with Crippen LogP contribution >= 0.6 is 0 Å². The van der Waals surface area contributed by atoms with Crippen LogP contribution in [0, 0.1) is 5.92 Å². The molecular formula is C13H17NO3. The highest BCUT2D eigenvalue weighted by molar-refractivity contribution is 5.95. The van der Waals surface area contributed by atoms with Gasteiger partial charge in [-0.15, -0.1) is 0 Å². The minimum absolute atomic E-state index is 0.00605. The molecule has 0 aliphatic rings. The number of carbonyl (C=O) groups is 2. The first-order chi connectivity index (χ1) is 7.91. The van der Waals surface area contributed by atoms with E-state index < -0.39 is 11.9 Å². The van der Waals surface area contributed by atoms with Crippen molar-refractivity contribution in [1.82, 2.24) is 0 Å². The zero-order valence-electron chi connectivity index (χ0n) is 10.3. The van der Waals surface area contributed by atoms with E-state index in [0.717, 1.165) is 5.69 Å². The quantitative estimate of drug-likeness (QED) is 0.793. The van der Waals surface area contributed by atoms with Crippen molar-refractivity contribution in [3.8, 4) is 0 Å². The van der Waals surface area contributed by atoms with Crippen LogP contribution in [0.3, 0.4) is 0 Å². The fraction of sp³-hybridized carbons (Fsp3) is 0.385. The molecule has 1 unspecified atom stereocenters. The van der Waals surface area contributed by atoms with E-state index in [4.69, 9.17) is 5.11 Å². The number of hydrogen-bond acceptors (Lipinski definition) is 3. The molecule has 0 aromatic heterocycles. The van der Waals surface area contributed by atoms with E-state index >= 15 is 0 Å². The number of hydrogen-bond donors (Lipinski definition) is 1. The average molecular weight is 235 g/mol. The van der Waals surface area contributed by atoms with E-state index in [1.807, 2.05) is 18.0 Å². The molecule has 0 aliphatic carbocycles. The van der Waals surface area contributed by atoms with Gasteiger partial charge in [0.25, 0.3) is 0 Å². The first-order valence-electron chi connectivity index (χ1n) is 5.46. The number of rotatable bonds is 5. The van der Waals surface area contributed by atoms with Crippen molar-refractivity contribution in [2.45, 2.75) is 13.8 Å². The van der Waals surface area contributed by atoms with Gasteiger partial charge in [-0.3, -0.25) is 9.59 Å². The summed E-state index contributed by atoms with van der Waals surface area (Å²) in [6.07, 6.45) is 0. The van der Waals surface area contributed by atoms with Crippen LogP contribution in [0.15, 0.2) is 24.3 Å². The predicted octanol–water partition coefficient (Wildman–Crippen LogP) is 2.05. The molecule has 4 nitrogen and oxygen atoms in total. The summed E-state index contributed by atoms with van der Waals surface area (Å²) < 4.78 is 0. The summed E-state index contributed by atoms with van der Waals surface area (Å²) in [6.45, 7) is 3.59. The van der Waals surface area contributed by atoms with Gasteiger partial charge in [0.15, 0.2) is 5.78 Å². The number of nitrogens with zero attached hydrogens (tertiary/aromatic N) is 1. The number of benzene rings is 1. The molecule has 92 valence electrons. The Labute approximate surface area is 101 Å². The molecule has 1 N–H and O–H groups in total. The molecule has 0 saturated carbocycles. The standard InChI is InChI=1S/C13H17NO3/c1-9(13(16)17)8-14(3)12-6-4-5-11(7-12)10(2)15/h4-7,9H,8H2,1-3H3,(H,16,17). The van der Waals surface area contributed by atoms with Gasteiger partial charge in [-0.05, 0) is 19.1 Å². The topological polar surface area (TPSA) is 57.6 Å². The zero-order chi connectivity index (χ0) is 13.0. The Balaban J connectivity index is 2.82. The Morgan fingerprint density at radius 2 is 2.06 bits per heavy atom. The molecule has 1 atom stereocenters. The fourth-order valence-electron chi connectivity index (χ4n) is 1.56. The van der Waals surface area contributed by atoms with Crippen molar-refractivity contribution in [2.75, 3.05) is 18.5 Å². The van der Waals surface area contributed by atoms with Gasteiger partial charge in [-0.1, -0.05) is 19.1 Å². The Kier molecular flexibility index (Phi) is 4.26. The lowest BCUT2D eigenvalue weighted by molar-refractivity contribution is -0.140. The molecule has 17 heavy (non-hydrogen) atoms. The van der Waals surface area contributed by atoms with Crippen LogP contribution in [-0.4, -0.2) is 30.5 Å². The second-order valence-electron chi connectivity index (χ2n) is 4.23. The van der Waals surface area contributed by atoms with Gasteiger partial charge in [0.1, 0.15) is 0 Å². The maximum absolute atomic E-state index is 11.2. The third-order valence-electron chi connectivity index (χ3n) is 2.66. The average Bonchev–Trinajstić information content (AvgIpc) is 2.28. The van der Waals surface area contributed by atoms with Gasteiger partial charge in [-0.2, -0.15) is 0 Å². The summed E-state index contributed by atoms with van der Waals surface area (Å²) in [6, 6.07) is 7.19. The van der Waals surface area contributed by atoms with Crippen LogP contribution in [0.25, 0.3) is 0 Å². The first-order valence-corrected chi connectivity index (χ1v) is 5.46. The molecule has 0 radical (unpaired) electrons. The van der Waals surface area contributed by atoms with Crippen LogP contribution in [0.5, 0.6) is 0 Å². The van der Waals surface area contributed by atoms with Crippen molar-refractivity contribution in [2.24, 2.45) is 5.92 Å². The largest absolute Gasteiger partial charge is 0.481 e. The summed E-state index contributed by atoms with van der Waals surface area (Å²) in [5.74, 6) is -1.26. The number of ketones is 1. The fourth-order valence-corrected chi connectivity index (χ4v) is 1.56. The van der Waals surface area contributed by atoms with E-state index in [1.165, 1.54) is 6.92 Å². The van der Waals surface area contributed by atoms with E-state index in [-0.39, 0.29) is 5.78 Å². The van der Waals surface area contributed by atoms with E-state index in [1.54, 1.807) is 25.1 Å². The Morgan fingerprint density at radius 1 is 1.41 bits per heavy atom. The molecule has 0 aliphatic heterocycles. The van der Waals surface area contributed by atoms with Crippen molar-refractivity contribution in [3.05, 3.63) is 29.8 Å². The lowest BCUT2D eigenvalue weighted by Crippen LogP contribution is -2.28. The molecule has 1 aromatic carbocycles. The second-order valence-corrected chi connectivity index (χ2v) is 4.23. The zero-order valence-corrected chi connectivity index (χ0v) is 10.3. The van der Waals surface area contributed by atoms with Gasteiger partial charge >= 0.3 is 5.97 Å². The summed E-state index contributed by atoms with van der Waals surface area (Å²) in [4.78, 5) is 23.8. The molecule has 1 aromatic rings. The smallest absolute Gasteiger partial charge is 0.308 e.